The summed E-state index contributed by atoms with van der Waals surface area (Å²) in [7, 11) is 0. The molecule has 1 amide bonds. The van der Waals surface area contributed by atoms with Gasteiger partial charge in [0.25, 0.3) is 5.91 Å². The van der Waals surface area contributed by atoms with Crippen LogP contribution in [-0.4, -0.2) is 36.2 Å². The van der Waals surface area contributed by atoms with E-state index in [1.807, 2.05) is 6.92 Å². The summed E-state index contributed by atoms with van der Waals surface area (Å²) in [5.74, 6) is -1.38. The van der Waals surface area contributed by atoms with Gasteiger partial charge in [-0.2, -0.15) is 0 Å². The van der Waals surface area contributed by atoms with E-state index >= 15 is 0 Å². The van der Waals surface area contributed by atoms with E-state index in [2.05, 4.69) is 5.32 Å². The Bertz CT molecular complexity index is 560. The topological polar surface area (TPSA) is 75.6 Å². The number of benzene rings is 1. The fourth-order valence-corrected chi connectivity index (χ4v) is 2.45. The number of carboxylic acid groups (broad SMARTS) is 1. The maximum Gasteiger partial charge on any atom is 0.313 e. The van der Waals surface area contributed by atoms with E-state index in [1.165, 1.54) is 0 Å². The monoisotopic (exact) mass is 297 g/mol. The zero-order valence-corrected chi connectivity index (χ0v) is 12.0. The van der Waals surface area contributed by atoms with E-state index < -0.39 is 23.3 Å². The Balaban J connectivity index is 2.17. The Hall–Kier alpha value is -1.59. The maximum absolute atomic E-state index is 12.2. The molecule has 1 saturated heterocycles. The van der Waals surface area contributed by atoms with Crippen molar-refractivity contribution >= 4 is 23.5 Å². The van der Waals surface area contributed by atoms with Gasteiger partial charge >= 0.3 is 5.97 Å². The summed E-state index contributed by atoms with van der Waals surface area (Å²) < 4.78 is 5.19. The lowest BCUT2D eigenvalue weighted by Crippen LogP contribution is -2.49. The van der Waals surface area contributed by atoms with Crippen LogP contribution in [0.5, 0.6) is 0 Å². The molecule has 5 nitrogen and oxygen atoms in total. The highest BCUT2D eigenvalue weighted by atomic mass is 35.5. The minimum Gasteiger partial charge on any atom is -0.481 e. The van der Waals surface area contributed by atoms with Crippen LogP contribution < -0.4 is 5.32 Å². The van der Waals surface area contributed by atoms with E-state index in [1.54, 1.807) is 25.1 Å². The Kier molecular flexibility index (Phi) is 4.01. The van der Waals surface area contributed by atoms with Crippen LogP contribution in [0.15, 0.2) is 18.2 Å². The number of carboxylic acids is 1. The minimum atomic E-state index is -1.12. The number of halogens is 1. The number of aliphatic carboxylic acids is 1. The highest BCUT2D eigenvalue weighted by Crippen LogP contribution is 2.29. The van der Waals surface area contributed by atoms with Crippen molar-refractivity contribution in [2.75, 3.05) is 13.2 Å². The molecule has 0 aliphatic carbocycles. The average Bonchev–Trinajstić information content (AvgIpc) is 2.72. The Morgan fingerprint density at radius 2 is 2.20 bits per heavy atom. The van der Waals surface area contributed by atoms with Gasteiger partial charge in [0.05, 0.1) is 29.8 Å². The first-order valence-corrected chi connectivity index (χ1v) is 6.60. The molecule has 108 valence electrons. The summed E-state index contributed by atoms with van der Waals surface area (Å²) in [5, 5.41) is 12.3. The molecule has 1 fully saturated rings. The van der Waals surface area contributed by atoms with Gasteiger partial charge in [0.15, 0.2) is 0 Å². The summed E-state index contributed by atoms with van der Waals surface area (Å²) in [6.07, 6.45) is 0. The largest absolute Gasteiger partial charge is 0.481 e. The summed E-state index contributed by atoms with van der Waals surface area (Å²) >= 11 is 6.04. The summed E-state index contributed by atoms with van der Waals surface area (Å²) in [4.78, 5) is 23.5. The lowest BCUT2D eigenvalue weighted by Gasteiger charge is -2.25. The van der Waals surface area contributed by atoms with Crippen LogP contribution in [0.1, 0.15) is 22.8 Å². The number of amides is 1. The molecular weight excluding hydrogens is 282 g/mol. The van der Waals surface area contributed by atoms with E-state index in [9.17, 15) is 14.7 Å². The van der Waals surface area contributed by atoms with E-state index in [0.717, 1.165) is 5.56 Å². The average molecular weight is 298 g/mol. The fraction of sp³-hybridized carbons (Fsp3) is 0.429. The van der Waals surface area contributed by atoms with Crippen molar-refractivity contribution in [2.45, 2.75) is 19.9 Å². The summed E-state index contributed by atoms with van der Waals surface area (Å²) in [6, 6.07) is 4.52. The maximum atomic E-state index is 12.2. The third kappa shape index (κ3) is 2.64. The molecule has 1 aromatic rings. The highest BCUT2D eigenvalue weighted by molar-refractivity contribution is 6.33. The van der Waals surface area contributed by atoms with Crippen LogP contribution in [0.25, 0.3) is 0 Å². The Labute approximate surface area is 121 Å². The first-order chi connectivity index (χ1) is 9.34. The van der Waals surface area contributed by atoms with Gasteiger partial charge < -0.3 is 15.2 Å². The van der Waals surface area contributed by atoms with Gasteiger partial charge in [0.2, 0.25) is 0 Å². The molecule has 1 aliphatic rings. The number of rotatable bonds is 3. The molecule has 6 heteroatoms. The molecule has 1 aliphatic heterocycles. The smallest absolute Gasteiger partial charge is 0.313 e. The molecule has 0 radical (unpaired) electrons. The van der Waals surface area contributed by atoms with Crippen molar-refractivity contribution in [1.82, 2.24) is 5.32 Å². The summed E-state index contributed by atoms with van der Waals surface area (Å²) in [6.45, 7) is 3.69. The second kappa shape index (κ2) is 5.42. The van der Waals surface area contributed by atoms with Gasteiger partial charge in [-0.3, -0.25) is 9.59 Å². The van der Waals surface area contributed by atoms with Crippen LogP contribution in [0.4, 0.5) is 0 Å². The van der Waals surface area contributed by atoms with Crippen LogP contribution in [0, 0.1) is 12.3 Å². The standard InChI is InChI=1S/C14H16ClNO4/c1-8-3-4-9(10(15)5-8)12(17)16-11-6-20-7-14(11,2)13(18)19/h3-5,11H,6-7H2,1-2H3,(H,16,17)(H,18,19). The third-order valence-electron chi connectivity index (χ3n) is 3.62. The van der Waals surface area contributed by atoms with Crippen LogP contribution in [-0.2, 0) is 9.53 Å². The molecule has 2 N–H and O–H groups in total. The molecular formula is C14H16ClNO4. The molecule has 2 unspecified atom stereocenters. The first kappa shape index (κ1) is 14.8. The van der Waals surface area contributed by atoms with Gasteiger partial charge in [-0.05, 0) is 31.5 Å². The number of nitrogens with one attached hydrogen (secondary N) is 1. The van der Waals surface area contributed by atoms with Gasteiger partial charge in [0.1, 0.15) is 5.41 Å². The normalized spacial score (nSPS) is 25.4. The molecule has 1 heterocycles. The molecule has 0 saturated carbocycles. The third-order valence-corrected chi connectivity index (χ3v) is 3.93. The predicted molar refractivity (Wildman–Crippen MR) is 74.0 cm³/mol. The van der Waals surface area contributed by atoms with Crippen molar-refractivity contribution in [1.29, 1.82) is 0 Å². The molecule has 1 aromatic carbocycles. The van der Waals surface area contributed by atoms with Crippen molar-refractivity contribution in [2.24, 2.45) is 5.41 Å². The Morgan fingerprint density at radius 1 is 1.50 bits per heavy atom. The molecule has 0 spiro atoms. The number of ether oxygens (including phenoxy) is 1. The van der Waals surface area contributed by atoms with Gasteiger partial charge in [-0.1, -0.05) is 17.7 Å². The number of aryl methyl sites for hydroxylation is 1. The molecule has 20 heavy (non-hydrogen) atoms. The number of hydrogen-bond acceptors (Lipinski definition) is 3. The number of carbonyl (C=O) groups is 2. The van der Waals surface area contributed by atoms with Crippen LogP contribution >= 0.6 is 11.6 Å². The quantitative estimate of drug-likeness (QED) is 0.893. The second-order valence-corrected chi connectivity index (χ2v) is 5.65. The molecule has 2 atom stereocenters. The van der Waals surface area contributed by atoms with Crippen molar-refractivity contribution in [3.05, 3.63) is 34.3 Å². The highest BCUT2D eigenvalue weighted by Gasteiger charge is 2.47. The second-order valence-electron chi connectivity index (χ2n) is 5.25. The fourth-order valence-electron chi connectivity index (χ4n) is 2.13. The first-order valence-electron chi connectivity index (χ1n) is 6.23. The SMILES string of the molecule is Cc1ccc(C(=O)NC2COCC2(C)C(=O)O)c(Cl)c1. The number of hydrogen-bond donors (Lipinski definition) is 2. The van der Waals surface area contributed by atoms with Crippen molar-refractivity contribution in [3.63, 3.8) is 0 Å². The van der Waals surface area contributed by atoms with Crippen molar-refractivity contribution < 1.29 is 19.4 Å². The summed E-state index contributed by atoms with van der Waals surface area (Å²) in [5.41, 5.74) is 0.162. The molecule has 0 aromatic heterocycles. The zero-order chi connectivity index (χ0) is 14.9. The Morgan fingerprint density at radius 3 is 2.80 bits per heavy atom. The van der Waals surface area contributed by atoms with Crippen LogP contribution in [0.3, 0.4) is 0 Å². The molecule has 0 bridgehead atoms. The number of carbonyl (C=O) groups excluding carboxylic acids is 1. The molecule has 2 rings (SSSR count). The van der Waals surface area contributed by atoms with Crippen LogP contribution in [0.2, 0.25) is 5.02 Å². The van der Waals surface area contributed by atoms with E-state index in [4.69, 9.17) is 16.3 Å². The zero-order valence-electron chi connectivity index (χ0n) is 11.3. The van der Waals surface area contributed by atoms with E-state index in [0.29, 0.717) is 10.6 Å². The van der Waals surface area contributed by atoms with Crippen molar-refractivity contribution in [3.8, 4) is 0 Å². The predicted octanol–water partition coefficient (Wildman–Crippen LogP) is 1.87. The van der Waals surface area contributed by atoms with E-state index in [-0.39, 0.29) is 13.2 Å². The van der Waals surface area contributed by atoms with Gasteiger partial charge in [0, 0.05) is 0 Å². The van der Waals surface area contributed by atoms with Gasteiger partial charge in [-0.15, -0.1) is 0 Å². The lowest BCUT2D eigenvalue weighted by atomic mass is 9.85. The minimum absolute atomic E-state index is 0.0783. The van der Waals surface area contributed by atoms with Gasteiger partial charge in [-0.25, -0.2) is 0 Å². The lowest BCUT2D eigenvalue weighted by molar-refractivity contribution is -0.148.